The molecule has 0 aliphatic heterocycles. The zero-order valence-electron chi connectivity index (χ0n) is 10.6. The van der Waals surface area contributed by atoms with Crippen LogP contribution in [0.4, 0.5) is 5.69 Å². The van der Waals surface area contributed by atoms with Gasteiger partial charge in [-0.1, -0.05) is 5.21 Å². The molecule has 0 aliphatic rings. The summed E-state index contributed by atoms with van der Waals surface area (Å²) in [6, 6.07) is 6.13. The lowest BCUT2D eigenvalue weighted by atomic mass is 10.3. The molecule has 1 heterocycles. The summed E-state index contributed by atoms with van der Waals surface area (Å²) in [6.45, 7) is -0.127. The molecule has 0 atom stereocenters. The lowest BCUT2D eigenvalue weighted by Crippen LogP contribution is -2.30. The van der Waals surface area contributed by atoms with Crippen molar-refractivity contribution in [3.63, 3.8) is 0 Å². The van der Waals surface area contributed by atoms with E-state index in [1.54, 1.807) is 19.2 Å². The summed E-state index contributed by atoms with van der Waals surface area (Å²) in [7, 11) is 1.57. The van der Waals surface area contributed by atoms with Crippen molar-refractivity contribution in [2.24, 2.45) is 0 Å². The van der Waals surface area contributed by atoms with Crippen molar-refractivity contribution in [3.8, 4) is 5.75 Å². The third kappa shape index (κ3) is 2.91. The normalized spacial score (nSPS) is 10.2. The van der Waals surface area contributed by atoms with Crippen LogP contribution < -0.4 is 4.90 Å². The van der Waals surface area contributed by atoms with E-state index in [0.717, 1.165) is 4.68 Å². The number of anilines is 1. The van der Waals surface area contributed by atoms with Crippen molar-refractivity contribution in [2.45, 2.75) is 6.54 Å². The minimum absolute atomic E-state index is 0.108. The third-order valence-electron chi connectivity index (χ3n) is 2.67. The van der Waals surface area contributed by atoms with Crippen molar-refractivity contribution in [1.29, 1.82) is 0 Å². The summed E-state index contributed by atoms with van der Waals surface area (Å²) in [5.74, 6) is -1.38. The SMILES string of the molecule is CN(C(=O)Cn1cc(C(=O)O)nn1)c1ccc(O)cc1. The summed E-state index contributed by atoms with van der Waals surface area (Å²) in [6.07, 6.45) is 1.19. The Bertz CT molecular complexity index is 635. The number of aromatic carboxylic acids is 1. The van der Waals surface area contributed by atoms with Crippen LogP contribution >= 0.6 is 0 Å². The monoisotopic (exact) mass is 276 g/mol. The minimum Gasteiger partial charge on any atom is -0.508 e. The Balaban J connectivity index is 2.07. The van der Waals surface area contributed by atoms with Gasteiger partial charge in [-0.25, -0.2) is 9.48 Å². The first kappa shape index (κ1) is 13.5. The molecule has 0 aliphatic carbocycles. The van der Waals surface area contributed by atoms with E-state index in [4.69, 9.17) is 5.11 Å². The molecule has 20 heavy (non-hydrogen) atoms. The van der Waals surface area contributed by atoms with Gasteiger partial charge in [0.25, 0.3) is 0 Å². The van der Waals surface area contributed by atoms with E-state index in [1.807, 2.05) is 0 Å². The van der Waals surface area contributed by atoms with Gasteiger partial charge in [-0.3, -0.25) is 4.79 Å². The highest BCUT2D eigenvalue weighted by Gasteiger charge is 2.14. The van der Waals surface area contributed by atoms with Gasteiger partial charge in [-0.05, 0) is 24.3 Å². The Morgan fingerprint density at radius 1 is 1.30 bits per heavy atom. The second-order valence-corrected chi connectivity index (χ2v) is 4.08. The number of carbonyl (C=O) groups is 2. The largest absolute Gasteiger partial charge is 0.508 e. The Labute approximate surface area is 113 Å². The predicted molar refractivity (Wildman–Crippen MR) is 68.5 cm³/mol. The van der Waals surface area contributed by atoms with Gasteiger partial charge in [0, 0.05) is 12.7 Å². The number of likely N-dealkylation sites (N-methyl/N-ethyl adjacent to an activating group) is 1. The number of aromatic hydroxyl groups is 1. The molecule has 0 spiro atoms. The number of carboxylic acids is 1. The number of nitrogens with zero attached hydrogens (tertiary/aromatic N) is 4. The maximum atomic E-state index is 12.0. The molecule has 0 unspecified atom stereocenters. The highest BCUT2D eigenvalue weighted by Crippen LogP contribution is 2.17. The van der Waals surface area contributed by atoms with Crippen molar-refractivity contribution in [2.75, 3.05) is 11.9 Å². The summed E-state index contributed by atoms with van der Waals surface area (Å²) < 4.78 is 1.16. The van der Waals surface area contributed by atoms with E-state index in [9.17, 15) is 14.7 Å². The molecule has 8 nitrogen and oxygen atoms in total. The predicted octanol–water partition coefficient (Wildman–Crippen LogP) is 0.345. The molecule has 0 radical (unpaired) electrons. The van der Waals surface area contributed by atoms with Gasteiger partial charge in [0.1, 0.15) is 12.3 Å². The van der Waals surface area contributed by atoms with E-state index >= 15 is 0 Å². The summed E-state index contributed by atoms with van der Waals surface area (Å²) in [5, 5.41) is 24.9. The van der Waals surface area contributed by atoms with Crippen LogP contribution in [0.3, 0.4) is 0 Å². The fourth-order valence-electron chi connectivity index (χ4n) is 1.54. The Morgan fingerprint density at radius 2 is 1.95 bits per heavy atom. The average Bonchev–Trinajstić information content (AvgIpc) is 2.87. The fourth-order valence-corrected chi connectivity index (χ4v) is 1.54. The molecular formula is C12H12N4O4. The highest BCUT2D eigenvalue weighted by molar-refractivity contribution is 5.92. The number of carbonyl (C=O) groups excluding carboxylic acids is 1. The first-order valence-corrected chi connectivity index (χ1v) is 5.66. The van der Waals surface area contributed by atoms with Crippen LogP contribution in [0.25, 0.3) is 0 Å². The third-order valence-corrected chi connectivity index (χ3v) is 2.67. The number of amides is 1. The van der Waals surface area contributed by atoms with Crippen LogP contribution in [-0.4, -0.2) is 44.1 Å². The van der Waals surface area contributed by atoms with Gasteiger partial charge in [0.05, 0.1) is 6.20 Å². The molecule has 1 aromatic heterocycles. The van der Waals surface area contributed by atoms with Gasteiger partial charge in [0.2, 0.25) is 5.91 Å². The second kappa shape index (κ2) is 5.39. The maximum absolute atomic E-state index is 12.0. The van der Waals surface area contributed by atoms with Gasteiger partial charge >= 0.3 is 5.97 Å². The molecule has 2 N–H and O–H groups in total. The van der Waals surface area contributed by atoms with Crippen molar-refractivity contribution < 1.29 is 19.8 Å². The smallest absolute Gasteiger partial charge is 0.358 e. The van der Waals surface area contributed by atoms with Crippen LogP contribution in [0, 0.1) is 0 Å². The van der Waals surface area contributed by atoms with Crippen molar-refractivity contribution >= 4 is 17.6 Å². The molecule has 1 aromatic carbocycles. The number of benzene rings is 1. The van der Waals surface area contributed by atoms with Crippen LogP contribution in [-0.2, 0) is 11.3 Å². The molecule has 0 fully saturated rings. The topological polar surface area (TPSA) is 109 Å². The van der Waals surface area contributed by atoms with Gasteiger partial charge < -0.3 is 15.1 Å². The molecule has 8 heteroatoms. The van der Waals surface area contributed by atoms with Crippen LogP contribution in [0.5, 0.6) is 5.75 Å². The molecule has 104 valence electrons. The zero-order valence-corrected chi connectivity index (χ0v) is 10.6. The van der Waals surface area contributed by atoms with E-state index < -0.39 is 5.97 Å². The van der Waals surface area contributed by atoms with Gasteiger partial charge in [-0.2, -0.15) is 0 Å². The Hall–Kier alpha value is -2.90. The number of rotatable bonds is 4. The first-order valence-electron chi connectivity index (χ1n) is 5.66. The van der Waals surface area contributed by atoms with Crippen LogP contribution in [0.15, 0.2) is 30.5 Å². The quantitative estimate of drug-likeness (QED) is 0.833. The number of hydrogen-bond donors (Lipinski definition) is 2. The van der Waals surface area contributed by atoms with E-state index in [0.29, 0.717) is 5.69 Å². The van der Waals surface area contributed by atoms with Crippen molar-refractivity contribution in [1.82, 2.24) is 15.0 Å². The van der Waals surface area contributed by atoms with Crippen LogP contribution in [0.1, 0.15) is 10.5 Å². The summed E-state index contributed by atoms with van der Waals surface area (Å²) in [5.41, 5.74) is 0.386. The number of hydrogen-bond acceptors (Lipinski definition) is 5. The maximum Gasteiger partial charge on any atom is 0.358 e. The molecule has 2 rings (SSSR count). The van der Waals surface area contributed by atoms with Crippen LogP contribution in [0.2, 0.25) is 0 Å². The first-order chi connectivity index (χ1) is 9.47. The highest BCUT2D eigenvalue weighted by atomic mass is 16.4. The zero-order chi connectivity index (χ0) is 14.7. The fraction of sp³-hybridized carbons (Fsp3) is 0.167. The molecule has 1 amide bonds. The number of phenols is 1. The van der Waals surface area contributed by atoms with Gasteiger partial charge in [-0.15, -0.1) is 5.10 Å². The van der Waals surface area contributed by atoms with Gasteiger partial charge in [0.15, 0.2) is 5.69 Å². The number of aromatic nitrogens is 3. The lowest BCUT2D eigenvalue weighted by Gasteiger charge is -2.17. The van der Waals surface area contributed by atoms with E-state index in [-0.39, 0.29) is 23.9 Å². The minimum atomic E-state index is -1.20. The number of phenolic OH excluding ortho intramolecular Hbond substituents is 1. The Morgan fingerprint density at radius 3 is 2.50 bits per heavy atom. The molecule has 0 bridgehead atoms. The summed E-state index contributed by atoms with van der Waals surface area (Å²) in [4.78, 5) is 24.0. The standard InChI is InChI=1S/C12H12N4O4/c1-15(8-2-4-9(17)5-3-8)11(18)7-16-6-10(12(19)20)13-14-16/h2-6,17H,7H2,1H3,(H,19,20). The summed E-state index contributed by atoms with van der Waals surface area (Å²) >= 11 is 0. The van der Waals surface area contributed by atoms with Crippen molar-refractivity contribution in [3.05, 3.63) is 36.2 Å². The molecule has 0 saturated carbocycles. The average molecular weight is 276 g/mol. The Kier molecular flexibility index (Phi) is 3.65. The molecule has 0 saturated heterocycles. The lowest BCUT2D eigenvalue weighted by molar-refractivity contribution is -0.119. The van der Waals surface area contributed by atoms with E-state index in [1.165, 1.54) is 23.2 Å². The van der Waals surface area contributed by atoms with E-state index in [2.05, 4.69) is 10.3 Å². The second-order valence-electron chi connectivity index (χ2n) is 4.08. The molecule has 2 aromatic rings. The molecular weight excluding hydrogens is 264 g/mol. The number of carboxylic acid groups (broad SMARTS) is 1.